The van der Waals surface area contributed by atoms with Gasteiger partial charge in [-0.1, -0.05) is 113 Å². The summed E-state index contributed by atoms with van der Waals surface area (Å²) in [7, 11) is 10.8. The van der Waals surface area contributed by atoms with Crippen LogP contribution in [0, 0.1) is 6.92 Å². The van der Waals surface area contributed by atoms with Crippen molar-refractivity contribution in [2.45, 2.75) is 183 Å². The Labute approximate surface area is 632 Å². The van der Waals surface area contributed by atoms with Gasteiger partial charge in [-0.25, -0.2) is 4.98 Å². The number of aromatic nitrogens is 5. The van der Waals surface area contributed by atoms with Crippen molar-refractivity contribution >= 4 is 22.9 Å². The van der Waals surface area contributed by atoms with Crippen LogP contribution in [0.4, 0.5) is 22.9 Å². The summed E-state index contributed by atoms with van der Waals surface area (Å²) in [5.74, 6) is 4.27. The van der Waals surface area contributed by atoms with E-state index in [-0.39, 0.29) is 11.6 Å². The van der Waals surface area contributed by atoms with Crippen LogP contribution < -0.4 is 24.9 Å². The Morgan fingerprint density at radius 3 is 1.34 bits per heavy atom. The molecular weight excluding hydrogens is 1290 g/mol. The first-order valence-electron chi connectivity index (χ1n) is 39.6. The van der Waals surface area contributed by atoms with Crippen molar-refractivity contribution in [1.29, 1.82) is 0 Å². The molecule has 0 saturated carbocycles. The lowest BCUT2D eigenvalue weighted by Gasteiger charge is -2.45. The van der Waals surface area contributed by atoms with Crippen molar-refractivity contribution in [1.82, 2.24) is 64.5 Å². The second-order valence-corrected chi connectivity index (χ2v) is 33.4. The average Bonchev–Trinajstić information content (AvgIpc) is 0.813. The fourth-order valence-corrected chi connectivity index (χ4v) is 13.7. The summed E-state index contributed by atoms with van der Waals surface area (Å²) in [5.41, 5.74) is 14.5. The molecule has 0 amide bonds. The van der Waals surface area contributed by atoms with Crippen LogP contribution in [0.2, 0.25) is 0 Å². The van der Waals surface area contributed by atoms with Crippen molar-refractivity contribution < 1.29 is 5.11 Å². The molecule has 104 heavy (non-hydrogen) atoms. The van der Waals surface area contributed by atoms with Crippen LogP contribution in [-0.4, -0.2) is 261 Å². The number of nitrogens with zero attached hydrogens (tertiary/aromatic N) is 16. The first-order valence-corrected chi connectivity index (χ1v) is 39.6. The zero-order valence-electron chi connectivity index (χ0n) is 69.0. The molecule has 6 saturated heterocycles. The van der Waals surface area contributed by atoms with Crippen LogP contribution in [0.15, 0.2) is 110 Å². The van der Waals surface area contributed by atoms with Crippen LogP contribution in [-0.2, 0) is 13.1 Å². The van der Waals surface area contributed by atoms with Crippen molar-refractivity contribution in [3.05, 3.63) is 160 Å². The van der Waals surface area contributed by atoms with Crippen LogP contribution in [0.25, 0.3) is 0 Å². The molecule has 1 aromatic carbocycles. The van der Waals surface area contributed by atoms with E-state index in [4.69, 9.17) is 9.97 Å². The molecule has 18 heteroatoms. The minimum atomic E-state index is -0.696. The molecule has 1 atom stereocenters. The molecule has 5 aromatic heterocycles. The number of rotatable bonds is 15. The van der Waals surface area contributed by atoms with Crippen LogP contribution in [0.1, 0.15) is 197 Å². The van der Waals surface area contributed by atoms with Gasteiger partial charge in [0.05, 0.1) is 34.9 Å². The van der Waals surface area contributed by atoms with Gasteiger partial charge in [0.2, 0.25) is 0 Å². The van der Waals surface area contributed by atoms with Gasteiger partial charge in [-0.3, -0.25) is 34.6 Å². The third-order valence-electron chi connectivity index (χ3n) is 21.5. The summed E-state index contributed by atoms with van der Waals surface area (Å²) in [6.07, 6.45) is 6.03. The maximum Gasteiger partial charge on any atom is 0.128 e. The molecule has 6 fully saturated rings. The average molecular weight is 1430 g/mol. The maximum absolute atomic E-state index is 10.3. The van der Waals surface area contributed by atoms with Gasteiger partial charge in [0.15, 0.2) is 0 Å². The molecule has 6 aliphatic rings. The molecule has 18 nitrogen and oxygen atoms in total. The second-order valence-electron chi connectivity index (χ2n) is 33.4. The predicted octanol–water partition coefficient (Wildman–Crippen LogP) is 13.2. The largest absolute Gasteiger partial charge is 0.389 e. The number of hydrogen-bond donors (Lipinski definition) is 2. The van der Waals surface area contributed by atoms with E-state index >= 15 is 0 Å². The monoisotopic (exact) mass is 1430 g/mol. The van der Waals surface area contributed by atoms with E-state index in [1.807, 2.05) is 32.4 Å². The number of aryl methyl sites for hydroxylation is 1. The molecule has 0 bridgehead atoms. The third kappa shape index (κ3) is 27.2. The molecule has 0 unspecified atom stereocenters. The Bertz CT molecular complexity index is 3360. The molecule has 12 rings (SSSR count). The summed E-state index contributed by atoms with van der Waals surface area (Å²) in [4.78, 5) is 49.5. The van der Waals surface area contributed by atoms with Gasteiger partial charge in [0.25, 0.3) is 0 Å². The second kappa shape index (κ2) is 41.2. The first-order chi connectivity index (χ1) is 49.3. The molecule has 6 aliphatic heterocycles. The fourth-order valence-electron chi connectivity index (χ4n) is 13.7. The van der Waals surface area contributed by atoms with E-state index in [1.165, 1.54) is 95.8 Å². The highest BCUT2D eigenvalue weighted by atomic mass is 16.3. The lowest BCUT2D eigenvalue weighted by Crippen LogP contribution is -2.59. The van der Waals surface area contributed by atoms with Crippen LogP contribution >= 0.6 is 0 Å². The van der Waals surface area contributed by atoms with Crippen LogP contribution in [0.5, 0.6) is 0 Å². The number of aliphatic hydroxyl groups is 1. The van der Waals surface area contributed by atoms with Crippen molar-refractivity contribution in [2.24, 2.45) is 0 Å². The zero-order chi connectivity index (χ0) is 75.8. The smallest absolute Gasteiger partial charge is 0.128 e. The summed E-state index contributed by atoms with van der Waals surface area (Å²) >= 11 is 0. The van der Waals surface area contributed by atoms with Crippen molar-refractivity contribution in [3.63, 3.8) is 0 Å². The molecule has 0 spiro atoms. The standard InChI is InChI=1S/C16H27N3O.C15H25N3.2C14H23N3.C14H22N2.C13H21N3/c1-12(2)14-7-6-13(10-17-14)19-9-8-18(5)15(11-19)16(3,4)20;1-12(2)14-6-5-13(9-17-14)10-18-8-7-16-11-15(18,3)4;1-11(2)13-5-6-14(12(3)15-13)17-9-7-16(4)8-10-17;1-12(2)14-5-4-13(10-15-14)11-17-8-6-16(3)7-9-17;1-12(2)13-4-6-14(7-5-13)16-10-8-15(3)9-11-16;1-11(2)12-5-4-6-13(14-12)16-9-7-15(3)8-10-16/h6-7,10,12,15,20H,8-9,11H2,1-5H3;5-6,9,12,16H,7-8,10-11H2,1-4H3;5-6,11H,7-10H2,1-4H3;4-5,10,12H,6-9,11H2,1-3H3;4-7,12H,8-11H2,1-3H3;4-6,11H,7-10H2,1-3H3/t15-;;;;;/m0...../s1. The maximum atomic E-state index is 10.3. The van der Waals surface area contributed by atoms with E-state index in [0.29, 0.717) is 35.5 Å². The Morgan fingerprint density at radius 2 is 0.885 bits per heavy atom. The van der Waals surface area contributed by atoms with Gasteiger partial charge >= 0.3 is 0 Å². The molecule has 11 heterocycles. The molecular formula is C86H141N17O. The molecule has 576 valence electrons. The lowest BCUT2D eigenvalue weighted by molar-refractivity contribution is -0.0140. The Balaban J connectivity index is 0.000000175. The van der Waals surface area contributed by atoms with Gasteiger partial charge in [-0.2, -0.15) is 0 Å². The van der Waals surface area contributed by atoms with E-state index in [9.17, 15) is 5.11 Å². The molecule has 6 aromatic rings. The minimum absolute atomic E-state index is 0.140. The topological polar surface area (TPSA) is 132 Å². The van der Waals surface area contributed by atoms with Gasteiger partial charge in [0.1, 0.15) is 5.82 Å². The van der Waals surface area contributed by atoms with Gasteiger partial charge in [-0.15, -0.1) is 0 Å². The SMILES string of the molecule is CC(C)c1ccc(CN2CCN(C)CC2)cn1.CC(C)c1ccc(CN2CCNCC2(C)C)cn1.CC(C)c1ccc(N2CCN(C)CC2)cc1.CC(C)c1ccc(N2CCN(C)[C@H](C(C)(C)O)C2)cn1.CC(C)c1cccc(N2CCN(C)CC2)n1.Cc1nc(C(C)C)ccc1N1CCN(C)CC1. The summed E-state index contributed by atoms with van der Waals surface area (Å²) in [6, 6.07) is 33.0. The number of piperazine rings is 6. The van der Waals surface area contributed by atoms with Crippen LogP contribution in [0.3, 0.4) is 0 Å². The number of benzene rings is 1. The Morgan fingerprint density at radius 1 is 0.442 bits per heavy atom. The summed E-state index contributed by atoms with van der Waals surface area (Å²) in [6.45, 7) is 63.1. The molecule has 2 N–H and O–H groups in total. The molecule has 0 aliphatic carbocycles. The normalized spacial score (nSPS) is 19.2. The van der Waals surface area contributed by atoms with Gasteiger partial charge < -0.3 is 49.6 Å². The highest BCUT2D eigenvalue weighted by Crippen LogP contribution is 2.28. The number of anilines is 4. The first kappa shape index (κ1) is 85.1. The lowest BCUT2D eigenvalue weighted by atomic mass is 9.95. The third-order valence-corrected chi connectivity index (χ3v) is 21.5. The minimum Gasteiger partial charge on any atom is -0.389 e. The highest BCUT2D eigenvalue weighted by molar-refractivity contribution is 5.52. The van der Waals surface area contributed by atoms with Gasteiger partial charge in [-0.05, 0) is 183 Å². The fraction of sp³-hybridized carbons (Fsp3) is 0.640. The van der Waals surface area contributed by atoms with E-state index in [1.54, 1.807) is 0 Å². The quantitative estimate of drug-likeness (QED) is 0.101. The predicted molar refractivity (Wildman–Crippen MR) is 441 cm³/mol. The van der Waals surface area contributed by atoms with E-state index < -0.39 is 5.60 Å². The molecule has 0 radical (unpaired) electrons. The number of nitrogens with one attached hydrogen (secondary N) is 1. The Kier molecular flexibility index (Phi) is 33.7. The Hall–Kier alpha value is -6.19. The highest BCUT2D eigenvalue weighted by Gasteiger charge is 2.36. The number of hydrogen-bond acceptors (Lipinski definition) is 18. The summed E-state index contributed by atoms with van der Waals surface area (Å²) < 4.78 is 0. The van der Waals surface area contributed by atoms with Gasteiger partial charge in [0, 0.05) is 209 Å². The zero-order valence-corrected chi connectivity index (χ0v) is 69.0. The van der Waals surface area contributed by atoms with E-state index in [0.717, 1.165) is 135 Å². The number of likely N-dealkylation sites (N-methyl/N-ethyl adjacent to an activating group) is 5. The van der Waals surface area contributed by atoms with Crippen molar-refractivity contribution in [3.8, 4) is 0 Å². The van der Waals surface area contributed by atoms with Crippen molar-refractivity contribution in [2.75, 3.05) is 199 Å². The van der Waals surface area contributed by atoms with E-state index in [2.05, 4.69) is 304 Å². The summed E-state index contributed by atoms with van der Waals surface area (Å²) in [5, 5.41) is 13.8. The number of pyridine rings is 5.